The fourth-order valence-electron chi connectivity index (χ4n) is 4.52. The molecule has 0 N–H and O–H groups in total. The second kappa shape index (κ2) is 9.57. The minimum atomic E-state index is -0.455. The number of non-ortho nitro benzene ring substituents is 1. The summed E-state index contributed by atoms with van der Waals surface area (Å²) in [4.78, 5) is 28.6. The number of hydrogen-bond acceptors (Lipinski definition) is 6. The number of aromatic nitrogens is 3. The lowest BCUT2D eigenvalue weighted by Gasteiger charge is -2.36. The number of carbonyl (C=O) groups excluding carboxylic acids is 1. The van der Waals surface area contributed by atoms with E-state index in [0.29, 0.717) is 43.3 Å². The molecule has 1 amide bonds. The first-order chi connectivity index (χ1) is 17.5. The van der Waals surface area contributed by atoms with Crippen molar-refractivity contribution in [2.75, 3.05) is 38.2 Å². The van der Waals surface area contributed by atoms with Crippen molar-refractivity contribution in [3.05, 3.63) is 88.7 Å². The summed E-state index contributed by atoms with van der Waals surface area (Å²) in [7, 11) is 3.55. The highest BCUT2D eigenvalue weighted by atomic mass is 16.6. The highest BCUT2D eigenvalue weighted by molar-refractivity contribution is 5.94. The lowest BCUT2D eigenvalue weighted by molar-refractivity contribution is -0.384. The van der Waals surface area contributed by atoms with E-state index < -0.39 is 4.92 Å². The van der Waals surface area contributed by atoms with E-state index in [4.69, 9.17) is 4.74 Å². The Bertz CT molecular complexity index is 1420. The molecule has 1 aliphatic heterocycles. The van der Waals surface area contributed by atoms with Gasteiger partial charge in [0.25, 0.3) is 11.6 Å². The molecule has 2 aromatic carbocycles. The maximum atomic E-state index is 13.7. The number of amides is 1. The van der Waals surface area contributed by atoms with Crippen molar-refractivity contribution in [1.29, 1.82) is 0 Å². The third-order valence-electron chi connectivity index (χ3n) is 6.41. The van der Waals surface area contributed by atoms with Gasteiger partial charge in [0.2, 0.25) is 0 Å². The summed E-state index contributed by atoms with van der Waals surface area (Å²) >= 11 is 0. The molecular formula is C26H26N6O4. The zero-order valence-corrected chi connectivity index (χ0v) is 20.1. The van der Waals surface area contributed by atoms with Crippen LogP contribution in [0.3, 0.4) is 0 Å². The minimum Gasteiger partial charge on any atom is -0.495 e. The number of benzene rings is 2. The number of aryl methyl sites for hydroxylation is 1. The number of nitro benzene ring substituents is 1. The van der Waals surface area contributed by atoms with Gasteiger partial charge in [-0.05, 0) is 36.4 Å². The van der Waals surface area contributed by atoms with Gasteiger partial charge in [-0.25, -0.2) is 4.68 Å². The van der Waals surface area contributed by atoms with Gasteiger partial charge < -0.3 is 19.1 Å². The summed E-state index contributed by atoms with van der Waals surface area (Å²) in [5.41, 5.74) is 3.21. The van der Waals surface area contributed by atoms with E-state index in [2.05, 4.69) is 10.00 Å². The van der Waals surface area contributed by atoms with Gasteiger partial charge in [-0.2, -0.15) is 5.10 Å². The number of methoxy groups -OCH3 is 1. The Morgan fingerprint density at radius 3 is 2.47 bits per heavy atom. The van der Waals surface area contributed by atoms with Gasteiger partial charge in [0.05, 0.1) is 29.1 Å². The number of rotatable bonds is 6. The van der Waals surface area contributed by atoms with E-state index in [1.165, 1.54) is 16.8 Å². The van der Waals surface area contributed by atoms with Crippen molar-refractivity contribution in [2.45, 2.75) is 0 Å². The first kappa shape index (κ1) is 23.2. The van der Waals surface area contributed by atoms with Gasteiger partial charge in [-0.15, -0.1) is 0 Å². The molecule has 4 aromatic rings. The van der Waals surface area contributed by atoms with Crippen LogP contribution in [0.4, 0.5) is 11.4 Å². The topological polar surface area (TPSA) is 98.7 Å². The summed E-state index contributed by atoms with van der Waals surface area (Å²) < 4.78 is 8.92. The van der Waals surface area contributed by atoms with E-state index in [1.807, 2.05) is 54.2 Å². The molecule has 10 heteroatoms. The molecule has 0 atom stereocenters. The number of para-hydroxylation sites is 2. The highest BCUT2D eigenvalue weighted by Crippen LogP contribution is 2.29. The van der Waals surface area contributed by atoms with Crippen LogP contribution >= 0.6 is 0 Å². The number of nitro groups is 1. The first-order valence-corrected chi connectivity index (χ1v) is 11.6. The standard InChI is InChI=1S/C26H26N6O4/c1-28-12-6-10-22(28)21-18-24(31(27-21)19-7-5-8-20(17-19)32(34)35)26(33)30-15-13-29(14-16-30)23-9-3-4-11-25(23)36-2/h3-12,17-18H,13-16H2,1-2H3. The molecule has 0 unspecified atom stereocenters. The number of piperazine rings is 1. The summed E-state index contributed by atoms with van der Waals surface area (Å²) in [5, 5.41) is 16.0. The predicted octanol–water partition coefficient (Wildman–Crippen LogP) is 3.76. The second-order valence-electron chi connectivity index (χ2n) is 8.56. The van der Waals surface area contributed by atoms with Crippen LogP contribution in [0.15, 0.2) is 72.9 Å². The molecule has 1 fully saturated rings. The average molecular weight is 487 g/mol. The fourth-order valence-corrected chi connectivity index (χ4v) is 4.52. The maximum Gasteiger partial charge on any atom is 0.272 e. The molecule has 36 heavy (non-hydrogen) atoms. The first-order valence-electron chi connectivity index (χ1n) is 11.6. The Labute approximate surface area is 208 Å². The summed E-state index contributed by atoms with van der Waals surface area (Å²) in [6.07, 6.45) is 1.90. The molecule has 5 rings (SSSR count). The molecule has 10 nitrogen and oxygen atoms in total. The summed E-state index contributed by atoms with van der Waals surface area (Å²) in [5.74, 6) is 0.627. The van der Waals surface area contributed by atoms with E-state index in [0.717, 1.165) is 17.1 Å². The lowest BCUT2D eigenvalue weighted by atomic mass is 10.2. The molecule has 1 saturated heterocycles. The molecule has 0 radical (unpaired) electrons. The number of carbonyl (C=O) groups is 1. The Kier molecular flexibility index (Phi) is 6.16. The van der Waals surface area contributed by atoms with E-state index in [-0.39, 0.29) is 11.6 Å². The Morgan fingerprint density at radius 2 is 1.78 bits per heavy atom. The molecule has 184 valence electrons. The predicted molar refractivity (Wildman–Crippen MR) is 136 cm³/mol. The van der Waals surface area contributed by atoms with E-state index in [1.54, 1.807) is 30.2 Å². The third-order valence-corrected chi connectivity index (χ3v) is 6.41. The van der Waals surface area contributed by atoms with Gasteiger partial charge in [0, 0.05) is 51.6 Å². The van der Waals surface area contributed by atoms with Crippen LogP contribution in [-0.2, 0) is 7.05 Å². The minimum absolute atomic E-state index is 0.0627. The number of ether oxygens (including phenoxy) is 1. The van der Waals surface area contributed by atoms with Crippen LogP contribution in [0.5, 0.6) is 5.75 Å². The van der Waals surface area contributed by atoms with Crippen molar-refractivity contribution in [3.63, 3.8) is 0 Å². The molecule has 1 aliphatic rings. The zero-order valence-electron chi connectivity index (χ0n) is 20.1. The van der Waals surface area contributed by atoms with E-state index in [9.17, 15) is 14.9 Å². The largest absolute Gasteiger partial charge is 0.495 e. The normalized spacial score (nSPS) is 13.6. The van der Waals surface area contributed by atoms with Crippen LogP contribution in [0, 0.1) is 10.1 Å². The van der Waals surface area contributed by atoms with Crippen LogP contribution in [-0.4, -0.2) is 63.4 Å². The quantitative estimate of drug-likeness (QED) is 0.304. The highest BCUT2D eigenvalue weighted by Gasteiger charge is 2.28. The number of nitrogens with zero attached hydrogens (tertiary/aromatic N) is 6. The number of anilines is 1. The van der Waals surface area contributed by atoms with Crippen molar-refractivity contribution in [1.82, 2.24) is 19.2 Å². The molecule has 2 aromatic heterocycles. The van der Waals surface area contributed by atoms with Crippen LogP contribution in [0.1, 0.15) is 10.5 Å². The van der Waals surface area contributed by atoms with Gasteiger partial charge in [0.15, 0.2) is 0 Å². The Morgan fingerprint density at radius 1 is 1.00 bits per heavy atom. The molecular weight excluding hydrogens is 460 g/mol. The van der Waals surface area contributed by atoms with Gasteiger partial charge >= 0.3 is 0 Å². The molecule has 3 heterocycles. The number of hydrogen-bond donors (Lipinski definition) is 0. The fraction of sp³-hybridized carbons (Fsp3) is 0.231. The lowest BCUT2D eigenvalue weighted by Crippen LogP contribution is -2.49. The average Bonchev–Trinajstić information content (AvgIpc) is 3.54. The Balaban J connectivity index is 1.45. The van der Waals surface area contributed by atoms with Crippen LogP contribution in [0.25, 0.3) is 17.1 Å². The third kappa shape index (κ3) is 4.28. The second-order valence-corrected chi connectivity index (χ2v) is 8.56. The zero-order chi connectivity index (χ0) is 25.2. The molecule has 0 spiro atoms. The van der Waals surface area contributed by atoms with Crippen LogP contribution < -0.4 is 9.64 Å². The monoisotopic (exact) mass is 486 g/mol. The SMILES string of the molecule is COc1ccccc1N1CCN(C(=O)c2cc(-c3cccn3C)nn2-c2cccc([N+](=O)[O-])c2)CC1. The molecule has 0 saturated carbocycles. The smallest absolute Gasteiger partial charge is 0.272 e. The van der Waals surface area contributed by atoms with Gasteiger partial charge in [-0.1, -0.05) is 18.2 Å². The Hall–Kier alpha value is -4.60. The van der Waals surface area contributed by atoms with Crippen molar-refractivity contribution in [3.8, 4) is 22.8 Å². The molecule has 0 bridgehead atoms. The van der Waals surface area contributed by atoms with E-state index >= 15 is 0 Å². The van der Waals surface area contributed by atoms with Crippen LogP contribution in [0.2, 0.25) is 0 Å². The van der Waals surface area contributed by atoms with Gasteiger partial charge in [-0.3, -0.25) is 14.9 Å². The summed E-state index contributed by atoms with van der Waals surface area (Å²) in [6.45, 7) is 2.36. The van der Waals surface area contributed by atoms with Gasteiger partial charge in [0.1, 0.15) is 17.1 Å². The van der Waals surface area contributed by atoms with Crippen molar-refractivity contribution >= 4 is 17.3 Å². The summed E-state index contributed by atoms with van der Waals surface area (Å²) in [6, 6.07) is 19.6. The van der Waals surface area contributed by atoms with Crippen molar-refractivity contribution < 1.29 is 14.5 Å². The van der Waals surface area contributed by atoms with Crippen molar-refractivity contribution in [2.24, 2.45) is 7.05 Å². The maximum absolute atomic E-state index is 13.7. The molecule has 0 aliphatic carbocycles.